The molecule has 1 amide bonds. The van der Waals surface area contributed by atoms with Gasteiger partial charge in [0.05, 0.1) is 34.8 Å². The second-order valence-corrected chi connectivity index (χ2v) is 7.09. The van der Waals surface area contributed by atoms with E-state index in [2.05, 4.69) is 29.2 Å². The van der Waals surface area contributed by atoms with Crippen LogP contribution in [0, 0.1) is 6.92 Å². The van der Waals surface area contributed by atoms with Crippen LogP contribution in [0.15, 0.2) is 30.5 Å². The maximum absolute atomic E-state index is 12.7. The highest BCUT2D eigenvalue weighted by atomic mass is 35.5. The zero-order chi connectivity index (χ0) is 19.6. The Morgan fingerprint density at radius 2 is 2.00 bits per heavy atom. The van der Waals surface area contributed by atoms with Crippen molar-refractivity contribution in [2.75, 3.05) is 19.0 Å². The van der Waals surface area contributed by atoms with Gasteiger partial charge in [-0.2, -0.15) is 5.10 Å². The quantitative estimate of drug-likeness (QED) is 0.681. The summed E-state index contributed by atoms with van der Waals surface area (Å²) < 4.78 is 6.84. The molecule has 0 spiro atoms. The third-order valence-corrected chi connectivity index (χ3v) is 4.85. The molecule has 0 atom stereocenters. The summed E-state index contributed by atoms with van der Waals surface area (Å²) in [6, 6.07) is 7.79. The molecule has 142 valence electrons. The number of halogens is 1. The first-order chi connectivity index (χ1) is 12.9. The van der Waals surface area contributed by atoms with Crippen LogP contribution in [0.1, 0.15) is 41.4 Å². The molecule has 0 saturated heterocycles. The lowest BCUT2D eigenvalue weighted by Crippen LogP contribution is -2.13. The summed E-state index contributed by atoms with van der Waals surface area (Å²) in [5.41, 5.74) is 3.63. The highest BCUT2D eigenvalue weighted by molar-refractivity contribution is 6.39. The van der Waals surface area contributed by atoms with Crippen LogP contribution < -0.4 is 5.32 Å². The van der Waals surface area contributed by atoms with E-state index in [1.165, 1.54) is 11.8 Å². The Morgan fingerprint density at radius 3 is 2.63 bits per heavy atom. The number of ether oxygens (including phenoxy) is 1. The molecule has 3 aromatic rings. The molecule has 0 bridgehead atoms. The third kappa shape index (κ3) is 3.96. The van der Waals surface area contributed by atoms with Crippen molar-refractivity contribution in [2.24, 2.45) is 0 Å². The molecule has 0 aliphatic heterocycles. The highest BCUT2D eigenvalue weighted by Crippen LogP contribution is 2.29. The van der Waals surface area contributed by atoms with Crippen LogP contribution in [0.5, 0.6) is 0 Å². The van der Waals surface area contributed by atoms with Gasteiger partial charge in [-0.05, 0) is 30.5 Å². The van der Waals surface area contributed by atoms with Crippen molar-refractivity contribution in [3.8, 4) is 0 Å². The summed E-state index contributed by atoms with van der Waals surface area (Å²) in [4.78, 5) is 17.1. The van der Waals surface area contributed by atoms with Crippen molar-refractivity contribution >= 4 is 34.2 Å². The van der Waals surface area contributed by atoms with E-state index in [0.29, 0.717) is 46.4 Å². The van der Waals surface area contributed by atoms with Crippen molar-refractivity contribution < 1.29 is 9.53 Å². The fourth-order valence-corrected chi connectivity index (χ4v) is 3.27. The topological polar surface area (TPSA) is 69.0 Å². The Hall–Kier alpha value is -2.44. The minimum absolute atomic E-state index is 0.296. The number of benzene rings is 1. The summed E-state index contributed by atoms with van der Waals surface area (Å²) >= 11 is 6.54. The van der Waals surface area contributed by atoms with E-state index in [1.54, 1.807) is 11.8 Å². The van der Waals surface area contributed by atoms with Gasteiger partial charge in [0, 0.05) is 19.0 Å². The van der Waals surface area contributed by atoms with E-state index in [-0.39, 0.29) is 5.91 Å². The molecular weight excluding hydrogens is 364 g/mol. The standard InChI is InChI=1S/C20H23ClN4O2/c1-12(2)14-5-7-15(8-6-14)23-20(26)16-11-22-19-17(18(16)21)13(3)24-25(19)9-10-27-4/h5-8,11-12H,9-10H2,1-4H3,(H,23,26). The SMILES string of the molecule is COCCn1nc(C)c2c(Cl)c(C(=O)Nc3ccc(C(C)C)cc3)cnc21. The maximum Gasteiger partial charge on any atom is 0.258 e. The van der Waals surface area contributed by atoms with Gasteiger partial charge in [0.2, 0.25) is 0 Å². The average molecular weight is 387 g/mol. The Bertz CT molecular complexity index is 964. The van der Waals surface area contributed by atoms with Gasteiger partial charge < -0.3 is 10.1 Å². The van der Waals surface area contributed by atoms with Gasteiger partial charge in [-0.1, -0.05) is 37.6 Å². The molecule has 0 aliphatic rings. The van der Waals surface area contributed by atoms with Gasteiger partial charge in [-0.3, -0.25) is 4.79 Å². The number of aryl methyl sites for hydroxylation is 1. The third-order valence-electron chi connectivity index (χ3n) is 4.46. The molecular formula is C20H23ClN4O2. The van der Waals surface area contributed by atoms with Gasteiger partial charge in [0.15, 0.2) is 5.65 Å². The Balaban J connectivity index is 1.88. The molecule has 6 nitrogen and oxygen atoms in total. The summed E-state index contributed by atoms with van der Waals surface area (Å²) in [5.74, 6) is 0.143. The van der Waals surface area contributed by atoms with Crippen LogP contribution in [-0.2, 0) is 11.3 Å². The number of hydrogen-bond acceptors (Lipinski definition) is 4. The minimum Gasteiger partial charge on any atom is -0.383 e. The number of hydrogen-bond donors (Lipinski definition) is 1. The lowest BCUT2D eigenvalue weighted by atomic mass is 10.0. The lowest BCUT2D eigenvalue weighted by Gasteiger charge is -2.10. The van der Waals surface area contributed by atoms with Gasteiger partial charge in [-0.25, -0.2) is 9.67 Å². The van der Waals surface area contributed by atoms with Crippen LogP contribution >= 0.6 is 11.6 Å². The molecule has 0 fully saturated rings. The molecule has 0 radical (unpaired) electrons. The number of carbonyl (C=O) groups excluding carboxylic acids is 1. The maximum atomic E-state index is 12.7. The zero-order valence-corrected chi connectivity index (χ0v) is 16.7. The monoisotopic (exact) mass is 386 g/mol. The zero-order valence-electron chi connectivity index (χ0n) is 15.9. The number of nitrogens with one attached hydrogen (secondary N) is 1. The van der Waals surface area contributed by atoms with Crippen LogP contribution in [0.3, 0.4) is 0 Å². The predicted octanol–water partition coefficient (Wildman–Crippen LogP) is 4.42. The summed E-state index contributed by atoms with van der Waals surface area (Å²) in [5, 5.41) is 8.39. The van der Waals surface area contributed by atoms with Crippen molar-refractivity contribution in [3.63, 3.8) is 0 Å². The summed E-state index contributed by atoms with van der Waals surface area (Å²) in [6.07, 6.45) is 1.49. The first-order valence-electron chi connectivity index (χ1n) is 8.84. The number of amides is 1. The first-order valence-corrected chi connectivity index (χ1v) is 9.22. The average Bonchev–Trinajstić information content (AvgIpc) is 2.97. The summed E-state index contributed by atoms with van der Waals surface area (Å²) in [7, 11) is 1.63. The van der Waals surface area contributed by atoms with E-state index in [1.807, 2.05) is 31.2 Å². The smallest absolute Gasteiger partial charge is 0.258 e. The second-order valence-electron chi connectivity index (χ2n) is 6.72. The van der Waals surface area contributed by atoms with Gasteiger partial charge >= 0.3 is 0 Å². The van der Waals surface area contributed by atoms with Gasteiger partial charge in [-0.15, -0.1) is 0 Å². The first kappa shape index (κ1) is 19.3. The number of fused-ring (bicyclic) bond motifs is 1. The van der Waals surface area contributed by atoms with E-state index < -0.39 is 0 Å². The number of anilines is 1. The molecule has 2 heterocycles. The largest absolute Gasteiger partial charge is 0.383 e. The molecule has 0 aliphatic carbocycles. The molecule has 3 rings (SSSR count). The fraction of sp³-hybridized carbons (Fsp3) is 0.350. The van der Waals surface area contributed by atoms with Gasteiger partial charge in [0.25, 0.3) is 5.91 Å². The molecule has 7 heteroatoms. The minimum atomic E-state index is -0.296. The highest BCUT2D eigenvalue weighted by Gasteiger charge is 2.19. The van der Waals surface area contributed by atoms with Crippen LogP contribution in [0.4, 0.5) is 5.69 Å². The molecule has 0 unspecified atom stereocenters. The van der Waals surface area contributed by atoms with Crippen LogP contribution in [0.2, 0.25) is 5.02 Å². The molecule has 2 aromatic heterocycles. The van der Waals surface area contributed by atoms with E-state index >= 15 is 0 Å². The van der Waals surface area contributed by atoms with E-state index in [4.69, 9.17) is 16.3 Å². The number of methoxy groups -OCH3 is 1. The Kier molecular flexibility index (Phi) is 5.77. The number of pyridine rings is 1. The van der Waals surface area contributed by atoms with Crippen molar-refractivity contribution in [3.05, 3.63) is 52.3 Å². The Morgan fingerprint density at radius 1 is 1.30 bits per heavy atom. The van der Waals surface area contributed by atoms with Gasteiger partial charge in [0.1, 0.15) is 0 Å². The van der Waals surface area contributed by atoms with E-state index in [9.17, 15) is 4.79 Å². The number of rotatable bonds is 6. The van der Waals surface area contributed by atoms with Crippen molar-refractivity contribution in [1.29, 1.82) is 0 Å². The second kappa shape index (κ2) is 8.06. The lowest BCUT2D eigenvalue weighted by molar-refractivity contribution is 0.102. The van der Waals surface area contributed by atoms with Crippen LogP contribution in [-0.4, -0.2) is 34.4 Å². The predicted molar refractivity (Wildman–Crippen MR) is 108 cm³/mol. The number of aromatic nitrogens is 3. The van der Waals surface area contributed by atoms with Crippen molar-refractivity contribution in [2.45, 2.75) is 33.2 Å². The van der Waals surface area contributed by atoms with Crippen LogP contribution in [0.25, 0.3) is 11.0 Å². The number of nitrogens with zero attached hydrogens (tertiary/aromatic N) is 3. The fourth-order valence-electron chi connectivity index (χ4n) is 2.92. The normalized spacial score (nSPS) is 11.3. The number of carbonyl (C=O) groups is 1. The molecule has 0 saturated carbocycles. The summed E-state index contributed by atoms with van der Waals surface area (Å²) in [6.45, 7) is 7.19. The molecule has 1 N–H and O–H groups in total. The van der Waals surface area contributed by atoms with Crippen molar-refractivity contribution in [1.82, 2.24) is 14.8 Å². The Labute approximate surface area is 163 Å². The molecule has 1 aromatic carbocycles. The molecule has 27 heavy (non-hydrogen) atoms. The van der Waals surface area contributed by atoms with E-state index in [0.717, 1.165) is 5.69 Å².